The maximum Gasteiger partial charge on any atom is 0.0540 e. The Balaban J connectivity index is 1.44. The van der Waals surface area contributed by atoms with Crippen LogP contribution in [0.25, 0.3) is 56.3 Å². The van der Waals surface area contributed by atoms with E-state index in [0.717, 1.165) is 22.5 Å². The van der Waals surface area contributed by atoms with Crippen molar-refractivity contribution in [3.05, 3.63) is 170 Å². The Morgan fingerprint density at radius 3 is 1.85 bits per heavy atom. The minimum atomic E-state index is 0.0476. The van der Waals surface area contributed by atoms with E-state index >= 15 is 0 Å². The van der Waals surface area contributed by atoms with Gasteiger partial charge in [-0.15, -0.1) is 0 Å². The minimum absolute atomic E-state index is 0.0476. The topological polar surface area (TPSA) is 13.1 Å². The second kappa shape index (κ2) is 11.5. The van der Waals surface area contributed by atoms with Gasteiger partial charge in [0.25, 0.3) is 0 Å². The number of aromatic nitrogens is 2. The van der Waals surface area contributed by atoms with Gasteiger partial charge in [-0.05, 0) is 68.0 Å². The summed E-state index contributed by atoms with van der Waals surface area (Å²) in [4.78, 5) is 2.49. The first-order chi connectivity index (χ1) is 23.1. The normalized spacial score (nSPS) is 16.5. The molecule has 0 fully saturated rings. The summed E-state index contributed by atoms with van der Waals surface area (Å²) in [6, 6.07) is 45.9. The molecule has 0 radical (unpaired) electrons. The molecule has 0 N–H and O–H groups in total. The lowest BCUT2D eigenvalue weighted by atomic mass is 9.91. The van der Waals surface area contributed by atoms with Crippen molar-refractivity contribution in [1.82, 2.24) is 9.13 Å². The molecule has 2 atom stereocenters. The number of allylic oxidation sites excluding steroid dienone is 3. The van der Waals surface area contributed by atoms with Crippen molar-refractivity contribution < 1.29 is 0 Å². The van der Waals surface area contributed by atoms with Gasteiger partial charge in [-0.2, -0.15) is 0 Å². The summed E-state index contributed by atoms with van der Waals surface area (Å²) in [5.41, 5.74) is 11.5. The van der Waals surface area contributed by atoms with Crippen LogP contribution in [0.2, 0.25) is 0 Å². The Bertz CT molecular complexity index is 2330. The molecule has 0 spiro atoms. The monoisotopic (exact) mass is 607 g/mol. The van der Waals surface area contributed by atoms with Crippen LogP contribution in [0.1, 0.15) is 36.6 Å². The van der Waals surface area contributed by atoms with Crippen molar-refractivity contribution in [1.29, 1.82) is 0 Å². The number of hydrogen-bond donors (Lipinski definition) is 0. The van der Waals surface area contributed by atoms with E-state index in [1.54, 1.807) is 0 Å². The van der Waals surface area contributed by atoms with E-state index in [-0.39, 0.29) is 12.0 Å². The van der Waals surface area contributed by atoms with Crippen LogP contribution in [0.15, 0.2) is 153 Å². The molecule has 8 rings (SSSR count). The van der Waals surface area contributed by atoms with Crippen molar-refractivity contribution in [3.8, 4) is 0 Å². The van der Waals surface area contributed by atoms with Gasteiger partial charge in [0.15, 0.2) is 0 Å². The highest BCUT2D eigenvalue weighted by molar-refractivity contribution is 6.11. The number of para-hydroxylation sites is 5. The molecular weight excluding hydrogens is 571 g/mol. The summed E-state index contributed by atoms with van der Waals surface area (Å²) in [5, 5.41) is 3.67. The third kappa shape index (κ3) is 4.42. The number of fused-ring (bicyclic) bond motifs is 5. The molecule has 3 heterocycles. The number of nitrogens with zero attached hydrogens (tertiary/aromatic N) is 3. The van der Waals surface area contributed by atoms with E-state index in [1.807, 2.05) is 6.08 Å². The highest BCUT2D eigenvalue weighted by Gasteiger charge is 2.40. The van der Waals surface area contributed by atoms with Crippen LogP contribution in [0, 0.1) is 0 Å². The predicted molar refractivity (Wildman–Crippen MR) is 203 cm³/mol. The number of rotatable bonds is 7. The van der Waals surface area contributed by atoms with E-state index < -0.39 is 0 Å². The molecule has 3 heteroatoms. The first kappa shape index (κ1) is 28.7. The summed E-state index contributed by atoms with van der Waals surface area (Å²) in [6.07, 6.45) is 8.55. The van der Waals surface area contributed by atoms with Crippen molar-refractivity contribution in [2.45, 2.75) is 25.8 Å². The van der Waals surface area contributed by atoms with Crippen LogP contribution in [0.5, 0.6) is 0 Å². The summed E-state index contributed by atoms with van der Waals surface area (Å²) in [5.74, 6) is 0.0476. The zero-order chi connectivity index (χ0) is 32.1. The van der Waals surface area contributed by atoms with Gasteiger partial charge in [-0.3, -0.25) is 0 Å². The predicted octanol–water partition coefficient (Wildman–Crippen LogP) is 11.8. The summed E-state index contributed by atoms with van der Waals surface area (Å²) >= 11 is 0. The summed E-state index contributed by atoms with van der Waals surface area (Å²) in [6.45, 7) is 13.5. The molecule has 0 bridgehead atoms. The molecule has 228 valence electrons. The maximum absolute atomic E-state index is 4.78. The van der Waals surface area contributed by atoms with Gasteiger partial charge in [0.1, 0.15) is 0 Å². The van der Waals surface area contributed by atoms with Crippen LogP contribution >= 0.6 is 0 Å². The molecule has 0 aliphatic carbocycles. The molecule has 1 aliphatic rings. The van der Waals surface area contributed by atoms with Crippen LogP contribution in [0.4, 0.5) is 11.4 Å². The smallest absolute Gasteiger partial charge is 0.0540 e. The molecule has 0 saturated heterocycles. The fourth-order valence-corrected chi connectivity index (χ4v) is 7.83. The SMILES string of the molecule is C=Cc1c(/C=C\C)c2ccccc2n1C(=C)/C=C(\C1c2ccccc2N(c2ccccc2)C1C)n1c2ccccc2c2ccccc21. The lowest BCUT2D eigenvalue weighted by molar-refractivity contribution is 0.685. The average molecular weight is 608 g/mol. The molecule has 7 aromatic rings. The Morgan fingerprint density at radius 1 is 0.660 bits per heavy atom. The lowest BCUT2D eigenvalue weighted by Crippen LogP contribution is -2.28. The highest BCUT2D eigenvalue weighted by atomic mass is 15.2. The third-order valence-electron chi connectivity index (χ3n) is 9.69. The average Bonchev–Trinajstić information content (AvgIpc) is 3.72. The Kier molecular flexibility index (Phi) is 7.03. The second-order valence-electron chi connectivity index (χ2n) is 12.3. The standard InChI is InChI=1S/C44H37N3/c1-5-18-33-34-21-10-14-25-39(34)45(38(33)6-2)30(3)29-43(47-40-26-15-11-22-35(40)36-23-12-16-27-41(36)47)44-31(4)46(32-19-8-7-9-20-32)42-28-17-13-24-37(42)44/h5-29,31,44H,2-3H2,1,4H3/b18-5-,43-29+. The highest BCUT2D eigenvalue weighted by Crippen LogP contribution is 2.51. The third-order valence-corrected chi connectivity index (χ3v) is 9.69. The Hall–Kier alpha value is -5.80. The van der Waals surface area contributed by atoms with Gasteiger partial charge < -0.3 is 14.0 Å². The van der Waals surface area contributed by atoms with Crippen LogP contribution in [-0.4, -0.2) is 15.2 Å². The van der Waals surface area contributed by atoms with E-state index in [1.165, 1.54) is 49.8 Å². The fourth-order valence-electron chi connectivity index (χ4n) is 7.83. The molecule has 2 unspecified atom stereocenters. The zero-order valence-electron chi connectivity index (χ0n) is 26.8. The van der Waals surface area contributed by atoms with Gasteiger partial charge in [0.2, 0.25) is 0 Å². The molecule has 47 heavy (non-hydrogen) atoms. The molecule has 0 amide bonds. The number of benzene rings is 5. The number of anilines is 2. The van der Waals surface area contributed by atoms with Crippen molar-refractivity contribution in [3.63, 3.8) is 0 Å². The maximum atomic E-state index is 4.78. The van der Waals surface area contributed by atoms with Gasteiger partial charge in [0.05, 0.1) is 22.2 Å². The number of hydrogen-bond acceptors (Lipinski definition) is 1. The van der Waals surface area contributed by atoms with Crippen molar-refractivity contribution in [2.24, 2.45) is 0 Å². The Morgan fingerprint density at radius 2 is 1.21 bits per heavy atom. The fraction of sp³-hybridized carbons (Fsp3) is 0.0909. The molecule has 0 saturated carbocycles. The van der Waals surface area contributed by atoms with Crippen molar-refractivity contribution in [2.75, 3.05) is 4.90 Å². The molecule has 2 aromatic heterocycles. The summed E-state index contributed by atoms with van der Waals surface area (Å²) in [7, 11) is 0. The first-order valence-corrected chi connectivity index (χ1v) is 16.3. The van der Waals surface area contributed by atoms with E-state index in [2.05, 4.69) is 180 Å². The van der Waals surface area contributed by atoms with Gasteiger partial charge >= 0.3 is 0 Å². The van der Waals surface area contributed by atoms with E-state index in [4.69, 9.17) is 6.58 Å². The molecule has 3 nitrogen and oxygen atoms in total. The largest absolute Gasteiger partial charge is 0.337 e. The first-order valence-electron chi connectivity index (χ1n) is 16.3. The van der Waals surface area contributed by atoms with E-state index in [9.17, 15) is 0 Å². The molecular formula is C44H37N3. The van der Waals surface area contributed by atoms with Crippen LogP contribution < -0.4 is 4.90 Å². The quantitative estimate of drug-likeness (QED) is 0.164. The Labute approximate surface area is 276 Å². The molecule has 5 aromatic carbocycles. The lowest BCUT2D eigenvalue weighted by Gasteiger charge is -2.30. The van der Waals surface area contributed by atoms with Crippen LogP contribution in [0.3, 0.4) is 0 Å². The van der Waals surface area contributed by atoms with Crippen molar-refractivity contribution >= 4 is 67.6 Å². The van der Waals surface area contributed by atoms with E-state index in [0.29, 0.717) is 0 Å². The second-order valence-corrected chi connectivity index (χ2v) is 12.3. The van der Waals surface area contributed by atoms with Gasteiger partial charge in [-0.25, -0.2) is 0 Å². The van der Waals surface area contributed by atoms with Crippen LogP contribution in [-0.2, 0) is 0 Å². The van der Waals surface area contributed by atoms with Gasteiger partial charge in [0, 0.05) is 56.5 Å². The summed E-state index contributed by atoms with van der Waals surface area (Å²) < 4.78 is 4.75. The van der Waals surface area contributed by atoms with Gasteiger partial charge in [-0.1, -0.05) is 116 Å². The zero-order valence-corrected chi connectivity index (χ0v) is 26.8. The minimum Gasteiger partial charge on any atom is -0.337 e. The molecule has 1 aliphatic heterocycles.